The molecule has 3 aromatic rings. The van der Waals surface area contributed by atoms with E-state index in [1.54, 1.807) is 23.0 Å². The van der Waals surface area contributed by atoms with Crippen molar-refractivity contribution in [2.24, 2.45) is 5.92 Å². The number of carbonyl (C=O) groups is 1. The molecule has 1 amide bonds. The van der Waals surface area contributed by atoms with E-state index >= 15 is 0 Å². The van der Waals surface area contributed by atoms with Crippen LogP contribution in [0.3, 0.4) is 0 Å². The van der Waals surface area contributed by atoms with E-state index in [2.05, 4.69) is 44.9 Å². The molecule has 8 nitrogen and oxygen atoms in total. The van der Waals surface area contributed by atoms with E-state index in [0.29, 0.717) is 17.1 Å². The van der Waals surface area contributed by atoms with Crippen LogP contribution in [0.25, 0.3) is 5.69 Å². The van der Waals surface area contributed by atoms with E-state index in [1.807, 2.05) is 37.3 Å². The summed E-state index contributed by atoms with van der Waals surface area (Å²) in [6.45, 7) is 9.13. The first-order valence-electron chi connectivity index (χ1n) is 13.2. The molecule has 1 aliphatic heterocycles. The molecule has 1 aliphatic carbocycles. The maximum atomic E-state index is 13.7. The monoisotopic (exact) mass is 500 g/mol. The van der Waals surface area contributed by atoms with Crippen LogP contribution in [0.5, 0.6) is 0 Å². The topological polar surface area (TPSA) is 91.3 Å². The maximum absolute atomic E-state index is 13.7. The Bertz CT molecular complexity index is 1280. The average molecular weight is 501 g/mol. The molecular formula is C29H36N6O2. The van der Waals surface area contributed by atoms with Gasteiger partial charge in [-0.25, -0.2) is 4.98 Å². The molecule has 3 N–H and O–H groups in total. The number of piperazine rings is 1. The molecule has 2 aromatic carbocycles. The largest absolute Gasteiger partial charge is 0.358 e. The van der Waals surface area contributed by atoms with Crippen molar-refractivity contribution in [3.63, 3.8) is 0 Å². The SMILES string of the molecule is Cc1ccc(C(=O)NC2CC2)cc1-n1ccnc(N[C@@H](c2ccccc2)[C@H](C)CN2CCNCC2)c1=O. The Morgan fingerprint density at radius 1 is 1.14 bits per heavy atom. The molecule has 37 heavy (non-hydrogen) atoms. The smallest absolute Gasteiger partial charge is 0.297 e. The number of carbonyl (C=O) groups excluding carboxylic acids is 1. The average Bonchev–Trinajstić information content (AvgIpc) is 3.73. The normalized spacial score (nSPS) is 17.7. The molecule has 0 radical (unpaired) electrons. The number of nitrogens with one attached hydrogen (secondary N) is 3. The first-order valence-corrected chi connectivity index (χ1v) is 13.2. The highest BCUT2D eigenvalue weighted by atomic mass is 16.2. The van der Waals surface area contributed by atoms with Gasteiger partial charge in [-0.3, -0.25) is 14.2 Å². The van der Waals surface area contributed by atoms with Crippen LogP contribution in [-0.2, 0) is 0 Å². The van der Waals surface area contributed by atoms with Gasteiger partial charge in [-0.05, 0) is 48.9 Å². The van der Waals surface area contributed by atoms with Gasteiger partial charge in [0.15, 0.2) is 5.82 Å². The number of amides is 1. The first-order chi connectivity index (χ1) is 18.0. The second-order valence-electron chi connectivity index (χ2n) is 10.3. The van der Waals surface area contributed by atoms with Crippen molar-refractivity contribution in [1.29, 1.82) is 0 Å². The molecule has 194 valence electrons. The van der Waals surface area contributed by atoms with Crippen LogP contribution >= 0.6 is 0 Å². The van der Waals surface area contributed by atoms with Crippen LogP contribution in [0.4, 0.5) is 5.82 Å². The van der Waals surface area contributed by atoms with Crippen molar-refractivity contribution in [3.05, 3.63) is 88.0 Å². The van der Waals surface area contributed by atoms with E-state index in [0.717, 1.165) is 56.7 Å². The van der Waals surface area contributed by atoms with Gasteiger partial charge in [0.05, 0.1) is 11.7 Å². The lowest BCUT2D eigenvalue weighted by Crippen LogP contribution is -2.46. The lowest BCUT2D eigenvalue weighted by atomic mass is 9.93. The van der Waals surface area contributed by atoms with Gasteiger partial charge in [0.1, 0.15) is 0 Å². The molecule has 2 atom stereocenters. The highest BCUT2D eigenvalue weighted by Crippen LogP contribution is 2.26. The third kappa shape index (κ3) is 6.09. The predicted octanol–water partition coefficient (Wildman–Crippen LogP) is 3.13. The fraction of sp³-hybridized carbons (Fsp3) is 0.414. The quantitative estimate of drug-likeness (QED) is 0.418. The minimum absolute atomic E-state index is 0.0797. The molecule has 2 heterocycles. The zero-order chi connectivity index (χ0) is 25.8. The van der Waals surface area contributed by atoms with E-state index < -0.39 is 0 Å². The van der Waals surface area contributed by atoms with Crippen molar-refractivity contribution >= 4 is 11.7 Å². The lowest BCUT2D eigenvalue weighted by molar-refractivity contribution is 0.0951. The molecule has 0 unspecified atom stereocenters. The van der Waals surface area contributed by atoms with E-state index in [-0.39, 0.29) is 29.5 Å². The van der Waals surface area contributed by atoms with Gasteiger partial charge in [0, 0.05) is 56.7 Å². The van der Waals surface area contributed by atoms with Gasteiger partial charge < -0.3 is 20.9 Å². The summed E-state index contributed by atoms with van der Waals surface area (Å²) in [6.07, 6.45) is 5.36. The van der Waals surface area contributed by atoms with Crippen molar-refractivity contribution < 1.29 is 4.79 Å². The molecule has 5 rings (SSSR count). The molecule has 0 spiro atoms. The number of hydrogen-bond acceptors (Lipinski definition) is 6. The van der Waals surface area contributed by atoms with Crippen LogP contribution in [0.2, 0.25) is 0 Å². The third-order valence-electron chi connectivity index (χ3n) is 7.26. The summed E-state index contributed by atoms with van der Waals surface area (Å²) in [7, 11) is 0. The van der Waals surface area contributed by atoms with Crippen LogP contribution in [0.15, 0.2) is 65.7 Å². The summed E-state index contributed by atoms with van der Waals surface area (Å²) in [4.78, 5) is 33.3. The Kier molecular flexibility index (Phi) is 7.67. The molecule has 2 fully saturated rings. The zero-order valence-corrected chi connectivity index (χ0v) is 21.6. The van der Waals surface area contributed by atoms with Crippen LogP contribution < -0.4 is 21.5 Å². The standard InChI is InChI=1S/C29H36N6O2/c1-20-8-9-23(28(36)32-24-10-11-24)18-25(20)35-17-14-31-27(29(35)37)33-26(22-6-4-3-5-7-22)21(2)19-34-15-12-30-13-16-34/h3-9,14,17-18,21,24,26,30H,10-13,15-16,19H2,1-2H3,(H,31,33)(H,32,36)/t21-,26-/m1/s1. The van der Waals surface area contributed by atoms with E-state index in [1.165, 1.54) is 0 Å². The van der Waals surface area contributed by atoms with Crippen molar-refractivity contribution in [2.75, 3.05) is 38.0 Å². The van der Waals surface area contributed by atoms with Crippen molar-refractivity contribution in [2.45, 2.75) is 38.8 Å². The highest BCUT2D eigenvalue weighted by Gasteiger charge is 2.26. The Morgan fingerprint density at radius 2 is 1.89 bits per heavy atom. The summed E-state index contributed by atoms with van der Waals surface area (Å²) in [5.41, 5.74) is 3.03. The zero-order valence-electron chi connectivity index (χ0n) is 21.6. The number of nitrogens with zero attached hydrogens (tertiary/aromatic N) is 3. The number of aromatic nitrogens is 2. The Labute approximate surface area is 218 Å². The van der Waals surface area contributed by atoms with E-state index in [4.69, 9.17) is 0 Å². The third-order valence-corrected chi connectivity index (χ3v) is 7.26. The summed E-state index contributed by atoms with van der Waals surface area (Å²) in [6, 6.07) is 15.9. The summed E-state index contributed by atoms with van der Waals surface area (Å²) >= 11 is 0. The number of aryl methyl sites for hydroxylation is 1. The summed E-state index contributed by atoms with van der Waals surface area (Å²) in [5.74, 6) is 0.442. The number of rotatable bonds is 9. The Balaban J connectivity index is 1.43. The fourth-order valence-electron chi connectivity index (χ4n) is 4.98. The van der Waals surface area contributed by atoms with E-state index in [9.17, 15) is 9.59 Å². The number of anilines is 1. The lowest BCUT2D eigenvalue weighted by Gasteiger charge is -2.33. The molecule has 1 aromatic heterocycles. The van der Waals surface area contributed by atoms with Gasteiger partial charge in [-0.2, -0.15) is 0 Å². The molecule has 8 heteroatoms. The van der Waals surface area contributed by atoms with Crippen LogP contribution in [0.1, 0.15) is 47.3 Å². The Morgan fingerprint density at radius 3 is 2.62 bits per heavy atom. The van der Waals surface area contributed by atoms with Crippen LogP contribution in [-0.4, -0.2) is 59.1 Å². The minimum Gasteiger partial charge on any atom is -0.358 e. The first kappa shape index (κ1) is 25.2. The van der Waals surface area contributed by atoms with Gasteiger partial charge in [0.2, 0.25) is 0 Å². The van der Waals surface area contributed by atoms with Crippen molar-refractivity contribution in [1.82, 2.24) is 25.1 Å². The minimum atomic E-state index is -0.236. The van der Waals surface area contributed by atoms with Gasteiger partial charge in [-0.15, -0.1) is 0 Å². The predicted molar refractivity (Wildman–Crippen MR) is 146 cm³/mol. The molecular weight excluding hydrogens is 464 g/mol. The number of benzene rings is 2. The second-order valence-corrected chi connectivity index (χ2v) is 10.3. The van der Waals surface area contributed by atoms with Gasteiger partial charge in [0.25, 0.3) is 11.5 Å². The molecule has 1 saturated heterocycles. The molecule has 2 aliphatic rings. The molecule has 0 bridgehead atoms. The number of hydrogen-bond donors (Lipinski definition) is 3. The highest BCUT2D eigenvalue weighted by molar-refractivity contribution is 5.95. The summed E-state index contributed by atoms with van der Waals surface area (Å²) in [5, 5.41) is 9.92. The summed E-state index contributed by atoms with van der Waals surface area (Å²) < 4.78 is 1.58. The Hall–Kier alpha value is -3.49. The molecule has 1 saturated carbocycles. The fourth-order valence-corrected chi connectivity index (χ4v) is 4.98. The maximum Gasteiger partial charge on any atom is 0.297 e. The van der Waals surface area contributed by atoms with Crippen molar-refractivity contribution in [3.8, 4) is 5.69 Å². The van der Waals surface area contributed by atoms with Gasteiger partial charge >= 0.3 is 0 Å². The second kappa shape index (κ2) is 11.3. The van der Waals surface area contributed by atoms with Crippen LogP contribution in [0, 0.1) is 12.8 Å². The van der Waals surface area contributed by atoms with Gasteiger partial charge in [-0.1, -0.05) is 43.3 Å².